The lowest BCUT2D eigenvalue weighted by molar-refractivity contribution is -0.386. The van der Waals surface area contributed by atoms with E-state index in [4.69, 9.17) is 0 Å². The van der Waals surface area contributed by atoms with Crippen LogP contribution in [-0.2, 0) is 11.3 Å². The standard InChI is InChI=1S/C17H17N5O3S/c1-10-17(22(24)25)11(2)21(20-10)8-16(23)19-14-6-4-5-13(7-14)15-9-26-12(3)18-15/h4-7,9H,8H2,1-3H3,(H,19,23). The molecule has 0 saturated carbocycles. The fraction of sp³-hybridized carbons (Fsp3) is 0.235. The summed E-state index contributed by atoms with van der Waals surface area (Å²) in [6.45, 7) is 4.98. The third kappa shape index (κ3) is 3.62. The monoisotopic (exact) mass is 371 g/mol. The molecule has 0 aliphatic carbocycles. The van der Waals surface area contributed by atoms with Crippen LogP contribution in [0, 0.1) is 30.9 Å². The first-order valence-electron chi connectivity index (χ1n) is 7.86. The quantitative estimate of drug-likeness (QED) is 0.546. The zero-order valence-corrected chi connectivity index (χ0v) is 15.3. The van der Waals surface area contributed by atoms with Gasteiger partial charge < -0.3 is 5.32 Å². The van der Waals surface area contributed by atoms with Gasteiger partial charge in [-0.1, -0.05) is 12.1 Å². The Balaban J connectivity index is 1.75. The van der Waals surface area contributed by atoms with E-state index in [1.54, 1.807) is 31.3 Å². The molecule has 1 N–H and O–H groups in total. The number of rotatable bonds is 5. The third-order valence-corrected chi connectivity index (χ3v) is 4.65. The Morgan fingerprint density at radius 3 is 2.73 bits per heavy atom. The number of anilines is 1. The summed E-state index contributed by atoms with van der Waals surface area (Å²) in [6.07, 6.45) is 0. The average molecular weight is 371 g/mol. The minimum absolute atomic E-state index is 0.0568. The van der Waals surface area contributed by atoms with E-state index in [0.29, 0.717) is 17.1 Å². The van der Waals surface area contributed by atoms with Crippen molar-refractivity contribution in [1.82, 2.24) is 14.8 Å². The SMILES string of the molecule is Cc1nc(-c2cccc(NC(=O)Cn3nc(C)c([N+](=O)[O-])c3C)c2)cs1. The van der Waals surface area contributed by atoms with Gasteiger partial charge in [-0.05, 0) is 32.9 Å². The Morgan fingerprint density at radius 2 is 2.12 bits per heavy atom. The predicted molar refractivity (Wildman–Crippen MR) is 99.3 cm³/mol. The summed E-state index contributed by atoms with van der Waals surface area (Å²) in [5, 5.41) is 20.9. The zero-order valence-electron chi connectivity index (χ0n) is 14.5. The number of benzene rings is 1. The van der Waals surface area contributed by atoms with Gasteiger partial charge in [-0.25, -0.2) is 4.98 Å². The molecule has 2 heterocycles. The molecule has 0 aliphatic heterocycles. The van der Waals surface area contributed by atoms with Crippen molar-refractivity contribution in [2.45, 2.75) is 27.3 Å². The van der Waals surface area contributed by atoms with Crippen molar-refractivity contribution in [2.75, 3.05) is 5.32 Å². The topological polar surface area (TPSA) is 103 Å². The maximum atomic E-state index is 12.3. The Morgan fingerprint density at radius 1 is 1.35 bits per heavy atom. The van der Waals surface area contributed by atoms with Crippen LogP contribution in [0.5, 0.6) is 0 Å². The number of nitrogens with zero attached hydrogens (tertiary/aromatic N) is 4. The van der Waals surface area contributed by atoms with E-state index in [-0.39, 0.29) is 18.1 Å². The van der Waals surface area contributed by atoms with Gasteiger partial charge in [-0.3, -0.25) is 19.6 Å². The zero-order chi connectivity index (χ0) is 18.8. The first-order valence-corrected chi connectivity index (χ1v) is 8.74. The number of amides is 1. The van der Waals surface area contributed by atoms with E-state index in [1.165, 1.54) is 4.68 Å². The highest BCUT2D eigenvalue weighted by Gasteiger charge is 2.22. The van der Waals surface area contributed by atoms with Crippen LogP contribution in [0.1, 0.15) is 16.4 Å². The molecule has 0 atom stereocenters. The van der Waals surface area contributed by atoms with E-state index in [1.807, 2.05) is 30.5 Å². The Kier molecular flexibility index (Phi) is 4.81. The smallest absolute Gasteiger partial charge is 0.312 e. The Hall–Kier alpha value is -3.07. The van der Waals surface area contributed by atoms with Crippen LogP contribution in [-0.4, -0.2) is 25.6 Å². The lowest BCUT2D eigenvalue weighted by Gasteiger charge is -2.07. The van der Waals surface area contributed by atoms with Gasteiger partial charge in [0, 0.05) is 16.6 Å². The number of thiazole rings is 1. The van der Waals surface area contributed by atoms with E-state index >= 15 is 0 Å². The first-order chi connectivity index (χ1) is 12.3. The number of hydrogen-bond acceptors (Lipinski definition) is 6. The Labute approximate surface area is 153 Å². The van der Waals surface area contributed by atoms with Crippen LogP contribution in [0.3, 0.4) is 0 Å². The second kappa shape index (κ2) is 7.04. The number of carbonyl (C=O) groups excluding carboxylic acids is 1. The molecule has 0 bridgehead atoms. The Bertz CT molecular complexity index is 992. The number of nitro groups is 1. The van der Waals surface area contributed by atoms with Crippen molar-refractivity contribution in [3.8, 4) is 11.3 Å². The molecule has 3 aromatic rings. The molecule has 1 amide bonds. The van der Waals surface area contributed by atoms with Crippen LogP contribution in [0.4, 0.5) is 11.4 Å². The van der Waals surface area contributed by atoms with E-state index in [0.717, 1.165) is 16.3 Å². The van der Waals surface area contributed by atoms with Gasteiger partial charge in [0.05, 0.1) is 15.6 Å². The molecular formula is C17H17N5O3S. The van der Waals surface area contributed by atoms with Gasteiger partial charge >= 0.3 is 5.69 Å². The van der Waals surface area contributed by atoms with Gasteiger partial charge in [-0.15, -0.1) is 11.3 Å². The fourth-order valence-corrected chi connectivity index (χ4v) is 3.32. The van der Waals surface area contributed by atoms with Gasteiger partial charge in [0.15, 0.2) is 0 Å². The number of nitrogens with one attached hydrogen (secondary N) is 1. The minimum atomic E-state index is -0.481. The summed E-state index contributed by atoms with van der Waals surface area (Å²) in [5.74, 6) is -0.308. The normalized spacial score (nSPS) is 10.7. The predicted octanol–water partition coefficient (Wildman–Crippen LogP) is 3.48. The van der Waals surface area contributed by atoms with E-state index in [2.05, 4.69) is 15.4 Å². The second-order valence-corrected chi connectivity index (χ2v) is 6.88. The molecule has 0 aliphatic rings. The summed E-state index contributed by atoms with van der Waals surface area (Å²) in [6, 6.07) is 7.39. The van der Waals surface area contributed by atoms with Crippen molar-refractivity contribution in [3.63, 3.8) is 0 Å². The molecule has 9 heteroatoms. The molecule has 0 fully saturated rings. The molecule has 0 spiro atoms. The van der Waals surface area contributed by atoms with E-state index < -0.39 is 4.92 Å². The van der Waals surface area contributed by atoms with E-state index in [9.17, 15) is 14.9 Å². The lowest BCUT2D eigenvalue weighted by Crippen LogP contribution is -2.20. The molecule has 0 unspecified atom stereocenters. The number of hydrogen-bond donors (Lipinski definition) is 1. The van der Waals surface area contributed by atoms with Crippen molar-refractivity contribution in [3.05, 3.63) is 56.2 Å². The van der Waals surface area contributed by atoms with Gasteiger partial charge in [-0.2, -0.15) is 5.10 Å². The highest BCUT2D eigenvalue weighted by molar-refractivity contribution is 7.09. The second-order valence-electron chi connectivity index (χ2n) is 5.81. The van der Waals surface area contributed by atoms with Crippen molar-refractivity contribution in [1.29, 1.82) is 0 Å². The minimum Gasteiger partial charge on any atom is -0.324 e. The van der Waals surface area contributed by atoms with Gasteiger partial charge in [0.25, 0.3) is 0 Å². The van der Waals surface area contributed by atoms with Crippen molar-refractivity contribution in [2.24, 2.45) is 0 Å². The largest absolute Gasteiger partial charge is 0.324 e. The molecule has 8 nitrogen and oxygen atoms in total. The fourth-order valence-electron chi connectivity index (χ4n) is 2.69. The van der Waals surface area contributed by atoms with Crippen LogP contribution in [0.15, 0.2) is 29.6 Å². The maximum Gasteiger partial charge on any atom is 0.312 e. The van der Waals surface area contributed by atoms with Crippen LogP contribution in [0.25, 0.3) is 11.3 Å². The lowest BCUT2D eigenvalue weighted by atomic mass is 10.1. The molecule has 26 heavy (non-hydrogen) atoms. The van der Waals surface area contributed by atoms with Crippen molar-refractivity contribution < 1.29 is 9.72 Å². The van der Waals surface area contributed by atoms with Crippen LogP contribution in [0.2, 0.25) is 0 Å². The summed E-state index contributed by atoms with van der Waals surface area (Å²) >= 11 is 1.56. The molecular weight excluding hydrogens is 354 g/mol. The average Bonchev–Trinajstić information content (AvgIpc) is 3.11. The third-order valence-electron chi connectivity index (χ3n) is 3.88. The van der Waals surface area contributed by atoms with Crippen LogP contribution >= 0.6 is 11.3 Å². The summed E-state index contributed by atoms with van der Waals surface area (Å²) in [5.41, 5.74) is 3.00. The summed E-state index contributed by atoms with van der Waals surface area (Å²) in [4.78, 5) is 27.3. The van der Waals surface area contributed by atoms with Gasteiger partial charge in [0.2, 0.25) is 5.91 Å². The molecule has 0 radical (unpaired) electrons. The van der Waals surface area contributed by atoms with Crippen LogP contribution < -0.4 is 5.32 Å². The van der Waals surface area contributed by atoms with Gasteiger partial charge in [0.1, 0.15) is 17.9 Å². The molecule has 3 rings (SSSR count). The molecule has 0 saturated heterocycles. The highest BCUT2D eigenvalue weighted by Crippen LogP contribution is 2.25. The van der Waals surface area contributed by atoms with Crippen molar-refractivity contribution >= 4 is 28.6 Å². The molecule has 1 aromatic carbocycles. The first kappa shape index (κ1) is 17.7. The molecule has 2 aromatic heterocycles. The number of aryl methyl sites for hydroxylation is 2. The molecule has 134 valence electrons. The summed E-state index contributed by atoms with van der Waals surface area (Å²) < 4.78 is 1.34. The number of aromatic nitrogens is 3. The highest BCUT2D eigenvalue weighted by atomic mass is 32.1. The maximum absolute atomic E-state index is 12.3. The number of carbonyl (C=O) groups is 1. The summed E-state index contributed by atoms with van der Waals surface area (Å²) in [7, 11) is 0.